The fourth-order valence-electron chi connectivity index (χ4n) is 3.38. The van der Waals surface area contributed by atoms with Crippen LogP contribution in [-0.2, 0) is 9.59 Å². The highest BCUT2D eigenvalue weighted by molar-refractivity contribution is 5.79. The molecule has 114 valence electrons. The van der Waals surface area contributed by atoms with Crippen LogP contribution in [0.4, 0.5) is 0 Å². The Morgan fingerprint density at radius 1 is 1.15 bits per heavy atom. The third-order valence-corrected chi connectivity index (χ3v) is 4.98. The molecule has 2 fully saturated rings. The summed E-state index contributed by atoms with van der Waals surface area (Å²) in [6, 6.07) is 0. The van der Waals surface area contributed by atoms with Gasteiger partial charge in [0.25, 0.3) is 0 Å². The van der Waals surface area contributed by atoms with Crippen molar-refractivity contribution in [3.05, 3.63) is 0 Å². The number of carboxylic acid groups (broad SMARTS) is 1. The lowest BCUT2D eigenvalue weighted by molar-refractivity contribution is -0.151. The van der Waals surface area contributed by atoms with Gasteiger partial charge in [-0.25, -0.2) is 0 Å². The number of carboxylic acids is 1. The predicted molar refractivity (Wildman–Crippen MR) is 76.4 cm³/mol. The molecular formula is C15H26N2O3. The second kappa shape index (κ2) is 6.12. The van der Waals surface area contributed by atoms with Crippen LogP contribution >= 0.6 is 0 Å². The molecule has 1 unspecified atom stereocenters. The minimum absolute atomic E-state index is 0.0927. The van der Waals surface area contributed by atoms with Crippen LogP contribution in [0, 0.1) is 11.3 Å². The van der Waals surface area contributed by atoms with E-state index >= 15 is 0 Å². The van der Waals surface area contributed by atoms with Crippen LogP contribution in [0.5, 0.6) is 0 Å². The zero-order valence-electron chi connectivity index (χ0n) is 12.6. The van der Waals surface area contributed by atoms with E-state index in [1.165, 1.54) is 6.42 Å². The SMILES string of the molecule is CC(C)C1(C(=O)O)CCN(CC(=O)N2CCCCC2)C1. The van der Waals surface area contributed by atoms with Crippen LogP contribution in [0.25, 0.3) is 0 Å². The van der Waals surface area contributed by atoms with Gasteiger partial charge in [0, 0.05) is 19.6 Å². The predicted octanol–water partition coefficient (Wildman–Crippen LogP) is 1.43. The Bertz CT molecular complexity index is 377. The summed E-state index contributed by atoms with van der Waals surface area (Å²) in [7, 11) is 0. The number of amides is 1. The summed E-state index contributed by atoms with van der Waals surface area (Å²) in [4.78, 5) is 27.8. The molecule has 0 aromatic carbocycles. The van der Waals surface area contributed by atoms with Gasteiger partial charge in [-0.2, -0.15) is 0 Å². The van der Waals surface area contributed by atoms with Gasteiger partial charge in [-0.05, 0) is 38.1 Å². The van der Waals surface area contributed by atoms with Crippen molar-refractivity contribution in [3.63, 3.8) is 0 Å². The molecule has 2 rings (SSSR count). The highest BCUT2D eigenvalue weighted by atomic mass is 16.4. The fourth-order valence-corrected chi connectivity index (χ4v) is 3.38. The summed E-state index contributed by atoms with van der Waals surface area (Å²) in [6.45, 7) is 7.24. The van der Waals surface area contributed by atoms with Crippen molar-refractivity contribution in [2.75, 3.05) is 32.7 Å². The quantitative estimate of drug-likeness (QED) is 0.847. The number of hydrogen-bond donors (Lipinski definition) is 1. The molecule has 0 aromatic heterocycles. The summed E-state index contributed by atoms with van der Waals surface area (Å²) in [5.74, 6) is -0.467. The lowest BCUT2D eigenvalue weighted by Crippen LogP contribution is -2.44. The molecular weight excluding hydrogens is 256 g/mol. The second-order valence-corrected chi connectivity index (χ2v) is 6.52. The molecule has 1 atom stereocenters. The van der Waals surface area contributed by atoms with Crippen LogP contribution in [0.1, 0.15) is 39.5 Å². The van der Waals surface area contributed by atoms with Gasteiger partial charge in [0.1, 0.15) is 0 Å². The first kappa shape index (κ1) is 15.3. The Hall–Kier alpha value is -1.10. The lowest BCUT2D eigenvalue weighted by atomic mass is 9.76. The molecule has 2 saturated heterocycles. The van der Waals surface area contributed by atoms with Crippen molar-refractivity contribution in [2.45, 2.75) is 39.5 Å². The van der Waals surface area contributed by atoms with Gasteiger partial charge in [-0.15, -0.1) is 0 Å². The van der Waals surface area contributed by atoms with Crippen molar-refractivity contribution < 1.29 is 14.7 Å². The van der Waals surface area contributed by atoms with Gasteiger partial charge in [0.15, 0.2) is 0 Å². The first-order valence-corrected chi connectivity index (χ1v) is 7.69. The zero-order chi connectivity index (χ0) is 14.8. The standard InChI is InChI=1S/C15H26N2O3/c1-12(2)15(14(19)20)6-9-16(11-15)10-13(18)17-7-4-3-5-8-17/h12H,3-11H2,1-2H3,(H,19,20). The zero-order valence-corrected chi connectivity index (χ0v) is 12.6. The van der Waals surface area contributed by atoms with E-state index in [9.17, 15) is 14.7 Å². The van der Waals surface area contributed by atoms with E-state index in [2.05, 4.69) is 0 Å². The number of aliphatic carboxylic acids is 1. The third kappa shape index (κ3) is 2.97. The number of hydrogen-bond acceptors (Lipinski definition) is 3. The van der Waals surface area contributed by atoms with Crippen LogP contribution in [0.2, 0.25) is 0 Å². The normalized spacial score (nSPS) is 28.1. The van der Waals surface area contributed by atoms with Crippen LogP contribution in [-0.4, -0.2) is 59.5 Å². The number of carbonyl (C=O) groups excluding carboxylic acids is 1. The minimum Gasteiger partial charge on any atom is -0.481 e. The Morgan fingerprint density at radius 3 is 2.30 bits per heavy atom. The van der Waals surface area contributed by atoms with E-state index in [1.54, 1.807) is 0 Å². The third-order valence-electron chi connectivity index (χ3n) is 4.98. The van der Waals surface area contributed by atoms with Crippen molar-refractivity contribution >= 4 is 11.9 Å². The minimum atomic E-state index is -0.722. The van der Waals surface area contributed by atoms with Gasteiger partial charge in [0.2, 0.25) is 5.91 Å². The topological polar surface area (TPSA) is 60.9 Å². The molecule has 0 aromatic rings. The van der Waals surface area contributed by atoms with Gasteiger partial charge in [-0.3, -0.25) is 14.5 Å². The Kier molecular flexibility index (Phi) is 4.68. The first-order chi connectivity index (χ1) is 9.45. The molecule has 2 heterocycles. The maximum Gasteiger partial charge on any atom is 0.311 e. The number of carbonyl (C=O) groups is 2. The molecule has 2 aliphatic rings. The molecule has 5 heteroatoms. The molecule has 0 spiro atoms. The monoisotopic (exact) mass is 282 g/mol. The summed E-state index contributed by atoms with van der Waals surface area (Å²) in [6.07, 6.45) is 4.05. The molecule has 5 nitrogen and oxygen atoms in total. The van der Waals surface area contributed by atoms with E-state index < -0.39 is 11.4 Å². The summed E-state index contributed by atoms with van der Waals surface area (Å²) in [5, 5.41) is 9.51. The highest BCUT2D eigenvalue weighted by Crippen LogP contribution is 2.38. The number of piperidine rings is 1. The fraction of sp³-hybridized carbons (Fsp3) is 0.867. The molecule has 0 aliphatic carbocycles. The Labute approximate surface area is 120 Å². The van der Waals surface area contributed by atoms with Gasteiger partial charge < -0.3 is 10.0 Å². The molecule has 0 bridgehead atoms. The lowest BCUT2D eigenvalue weighted by Gasteiger charge is -2.30. The van der Waals surface area contributed by atoms with E-state index in [0.717, 1.165) is 25.9 Å². The highest BCUT2D eigenvalue weighted by Gasteiger charge is 2.47. The van der Waals surface area contributed by atoms with Crippen LogP contribution in [0.15, 0.2) is 0 Å². The van der Waals surface area contributed by atoms with Crippen molar-refractivity contribution in [1.82, 2.24) is 9.80 Å². The summed E-state index contributed by atoms with van der Waals surface area (Å²) >= 11 is 0. The molecule has 0 radical (unpaired) electrons. The van der Waals surface area contributed by atoms with Crippen LogP contribution < -0.4 is 0 Å². The van der Waals surface area contributed by atoms with Gasteiger partial charge >= 0.3 is 5.97 Å². The number of rotatable bonds is 4. The molecule has 1 amide bonds. The maximum absolute atomic E-state index is 12.2. The number of likely N-dealkylation sites (tertiary alicyclic amines) is 2. The average molecular weight is 282 g/mol. The largest absolute Gasteiger partial charge is 0.481 e. The van der Waals surface area contributed by atoms with Crippen molar-refractivity contribution in [3.8, 4) is 0 Å². The number of nitrogens with zero attached hydrogens (tertiary/aromatic N) is 2. The van der Waals surface area contributed by atoms with Gasteiger partial charge in [0.05, 0.1) is 12.0 Å². The second-order valence-electron chi connectivity index (χ2n) is 6.52. The maximum atomic E-state index is 12.2. The smallest absolute Gasteiger partial charge is 0.311 e. The Morgan fingerprint density at radius 2 is 1.80 bits per heavy atom. The van der Waals surface area contributed by atoms with Crippen molar-refractivity contribution in [2.24, 2.45) is 11.3 Å². The van der Waals surface area contributed by atoms with Gasteiger partial charge in [-0.1, -0.05) is 13.8 Å². The average Bonchev–Trinajstić information content (AvgIpc) is 2.85. The van der Waals surface area contributed by atoms with E-state index in [-0.39, 0.29) is 11.8 Å². The molecule has 1 N–H and O–H groups in total. The van der Waals surface area contributed by atoms with E-state index in [4.69, 9.17) is 0 Å². The van der Waals surface area contributed by atoms with Crippen molar-refractivity contribution in [1.29, 1.82) is 0 Å². The first-order valence-electron chi connectivity index (χ1n) is 7.69. The van der Waals surface area contributed by atoms with Crippen LogP contribution in [0.3, 0.4) is 0 Å². The van der Waals surface area contributed by atoms with E-state index in [1.807, 2.05) is 23.6 Å². The molecule has 20 heavy (non-hydrogen) atoms. The van der Waals surface area contributed by atoms with E-state index in [0.29, 0.717) is 26.1 Å². The Balaban J connectivity index is 1.92. The molecule has 0 saturated carbocycles. The summed E-state index contributed by atoms with van der Waals surface area (Å²) in [5.41, 5.74) is -0.678. The summed E-state index contributed by atoms with van der Waals surface area (Å²) < 4.78 is 0. The molecule has 2 aliphatic heterocycles.